The Morgan fingerprint density at radius 3 is 2.54 bits per heavy atom. The van der Waals surface area contributed by atoms with Crippen molar-refractivity contribution in [1.82, 2.24) is 4.90 Å². The summed E-state index contributed by atoms with van der Waals surface area (Å²) in [5, 5.41) is 0.710. The first-order chi connectivity index (χ1) is 11.6. The van der Waals surface area contributed by atoms with Gasteiger partial charge in [-0.2, -0.15) is 0 Å². The number of ether oxygens (including phenoxy) is 1. The summed E-state index contributed by atoms with van der Waals surface area (Å²) in [5.41, 5.74) is 0.587. The highest BCUT2D eigenvalue weighted by atomic mass is 35.5. The third-order valence-electron chi connectivity index (χ3n) is 5.82. The average molecular weight is 350 g/mol. The Morgan fingerprint density at radius 2 is 1.88 bits per heavy atom. The molecule has 24 heavy (non-hydrogen) atoms. The largest absolute Gasteiger partial charge is 0.463 e. The van der Waals surface area contributed by atoms with Crippen LogP contribution in [-0.4, -0.2) is 37.1 Å². The molecule has 1 aliphatic carbocycles. The van der Waals surface area contributed by atoms with Crippen molar-refractivity contribution in [3.63, 3.8) is 0 Å². The molecular formula is C20H28ClNO2. The monoisotopic (exact) mass is 349 g/mol. The van der Waals surface area contributed by atoms with Crippen LogP contribution in [0.15, 0.2) is 24.3 Å². The fourth-order valence-corrected chi connectivity index (χ4v) is 4.33. The van der Waals surface area contributed by atoms with E-state index in [0.29, 0.717) is 17.7 Å². The number of halogens is 1. The Bertz CT molecular complexity index is 551. The molecule has 0 aromatic heterocycles. The molecule has 0 bridgehead atoms. The zero-order chi connectivity index (χ0) is 17.0. The lowest BCUT2D eigenvalue weighted by molar-refractivity contribution is -0.154. The van der Waals surface area contributed by atoms with E-state index >= 15 is 0 Å². The van der Waals surface area contributed by atoms with E-state index in [1.54, 1.807) is 0 Å². The number of esters is 1. The Balaban J connectivity index is 1.73. The number of carbonyl (C=O) groups excluding carboxylic acids is 1. The standard InChI is InChI=1S/C20H28ClNO2/c1-22-14-6-3-7-18(22)15-24-19(23)20(12-4-2-5-13-20)16-8-10-17(21)11-9-16/h8-11,18H,2-7,12-15H2,1H3/t18-/m0/s1. The van der Waals surface area contributed by atoms with Gasteiger partial charge in [0.1, 0.15) is 6.61 Å². The zero-order valence-corrected chi connectivity index (χ0v) is 15.4. The van der Waals surface area contributed by atoms with Gasteiger partial charge in [-0.1, -0.05) is 49.4 Å². The number of benzene rings is 1. The molecule has 0 unspecified atom stereocenters. The molecule has 2 aliphatic rings. The number of piperidine rings is 1. The molecule has 1 atom stereocenters. The van der Waals surface area contributed by atoms with Gasteiger partial charge in [0.15, 0.2) is 0 Å². The van der Waals surface area contributed by atoms with Crippen molar-refractivity contribution >= 4 is 17.6 Å². The van der Waals surface area contributed by atoms with Crippen LogP contribution in [-0.2, 0) is 14.9 Å². The number of nitrogens with zero attached hydrogens (tertiary/aromatic N) is 1. The molecule has 1 heterocycles. The van der Waals surface area contributed by atoms with Crippen LogP contribution in [0, 0.1) is 0 Å². The SMILES string of the molecule is CN1CCCC[C@H]1COC(=O)C1(c2ccc(Cl)cc2)CCCCC1. The molecule has 0 radical (unpaired) electrons. The summed E-state index contributed by atoms with van der Waals surface area (Å²) in [6.07, 6.45) is 8.74. The lowest BCUT2D eigenvalue weighted by Gasteiger charge is -2.37. The predicted octanol–water partition coefficient (Wildman–Crippen LogP) is 4.57. The van der Waals surface area contributed by atoms with Gasteiger partial charge in [0.25, 0.3) is 0 Å². The fraction of sp³-hybridized carbons (Fsp3) is 0.650. The van der Waals surface area contributed by atoms with E-state index in [9.17, 15) is 4.79 Å². The van der Waals surface area contributed by atoms with Gasteiger partial charge in [-0.05, 0) is 57.0 Å². The highest BCUT2D eigenvalue weighted by Gasteiger charge is 2.42. The molecule has 0 N–H and O–H groups in total. The second-order valence-electron chi connectivity index (χ2n) is 7.38. The molecular weight excluding hydrogens is 322 g/mol. The number of likely N-dealkylation sites (N-methyl/N-ethyl adjacent to an activating group) is 1. The van der Waals surface area contributed by atoms with E-state index in [1.807, 2.05) is 24.3 Å². The van der Waals surface area contributed by atoms with E-state index in [4.69, 9.17) is 16.3 Å². The second kappa shape index (κ2) is 7.88. The molecule has 1 saturated heterocycles. The minimum absolute atomic E-state index is 0.0384. The Hall–Kier alpha value is -1.06. The second-order valence-corrected chi connectivity index (χ2v) is 7.81. The minimum Gasteiger partial charge on any atom is -0.463 e. The van der Waals surface area contributed by atoms with Crippen molar-refractivity contribution in [2.45, 2.75) is 62.8 Å². The van der Waals surface area contributed by atoms with Crippen LogP contribution >= 0.6 is 11.6 Å². The summed E-state index contributed by atoms with van der Waals surface area (Å²) in [7, 11) is 2.13. The molecule has 3 nitrogen and oxygen atoms in total. The van der Waals surface area contributed by atoms with Gasteiger partial charge >= 0.3 is 5.97 Å². The minimum atomic E-state index is -0.476. The molecule has 0 amide bonds. The third-order valence-corrected chi connectivity index (χ3v) is 6.07. The van der Waals surface area contributed by atoms with Crippen LogP contribution in [0.25, 0.3) is 0 Å². The highest BCUT2D eigenvalue weighted by Crippen LogP contribution is 2.41. The summed E-state index contributed by atoms with van der Waals surface area (Å²) in [4.78, 5) is 15.4. The number of hydrogen-bond donors (Lipinski definition) is 0. The van der Waals surface area contributed by atoms with Crippen molar-refractivity contribution < 1.29 is 9.53 Å². The number of likely N-dealkylation sites (tertiary alicyclic amines) is 1. The first-order valence-electron chi connectivity index (χ1n) is 9.25. The number of hydrogen-bond acceptors (Lipinski definition) is 3. The van der Waals surface area contributed by atoms with Crippen molar-refractivity contribution in [1.29, 1.82) is 0 Å². The van der Waals surface area contributed by atoms with Gasteiger partial charge in [-0.3, -0.25) is 4.79 Å². The molecule has 0 spiro atoms. The Kier molecular flexibility index (Phi) is 5.83. The van der Waals surface area contributed by atoms with E-state index in [1.165, 1.54) is 19.3 Å². The maximum atomic E-state index is 13.1. The van der Waals surface area contributed by atoms with Crippen molar-refractivity contribution in [2.75, 3.05) is 20.2 Å². The molecule has 1 aromatic carbocycles. The van der Waals surface area contributed by atoms with Gasteiger partial charge in [0.05, 0.1) is 5.41 Å². The summed E-state index contributed by atoms with van der Waals surface area (Å²) >= 11 is 6.03. The van der Waals surface area contributed by atoms with E-state index in [-0.39, 0.29) is 5.97 Å². The molecule has 132 valence electrons. The number of carbonyl (C=O) groups is 1. The van der Waals surface area contributed by atoms with E-state index in [0.717, 1.165) is 44.2 Å². The Labute approximate surface area is 150 Å². The van der Waals surface area contributed by atoms with Crippen LogP contribution < -0.4 is 0 Å². The zero-order valence-electron chi connectivity index (χ0n) is 14.6. The third kappa shape index (κ3) is 3.78. The molecule has 1 aliphatic heterocycles. The summed E-state index contributed by atoms with van der Waals surface area (Å²) in [6, 6.07) is 8.14. The topological polar surface area (TPSA) is 29.5 Å². The van der Waals surface area contributed by atoms with Gasteiger partial charge in [-0.15, -0.1) is 0 Å². The molecule has 1 saturated carbocycles. The molecule has 2 fully saturated rings. The highest BCUT2D eigenvalue weighted by molar-refractivity contribution is 6.30. The number of rotatable bonds is 4. The van der Waals surface area contributed by atoms with Crippen LogP contribution in [0.2, 0.25) is 5.02 Å². The van der Waals surface area contributed by atoms with Crippen LogP contribution in [0.4, 0.5) is 0 Å². The fourth-order valence-electron chi connectivity index (χ4n) is 4.20. The summed E-state index contributed by atoms with van der Waals surface area (Å²) in [5.74, 6) is -0.0384. The lowest BCUT2D eigenvalue weighted by Crippen LogP contribution is -2.44. The van der Waals surface area contributed by atoms with Crippen molar-refractivity contribution in [3.05, 3.63) is 34.9 Å². The first-order valence-corrected chi connectivity index (χ1v) is 9.63. The Morgan fingerprint density at radius 1 is 1.17 bits per heavy atom. The van der Waals surface area contributed by atoms with Crippen LogP contribution in [0.5, 0.6) is 0 Å². The maximum Gasteiger partial charge on any atom is 0.316 e. The van der Waals surface area contributed by atoms with Gasteiger partial charge in [0.2, 0.25) is 0 Å². The van der Waals surface area contributed by atoms with Crippen molar-refractivity contribution in [2.24, 2.45) is 0 Å². The van der Waals surface area contributed by atoms with Crippen LogP contribution in [0.1, 0.15) is 56.9 Å². The molecule has 4 heteroatoms. The van der Waals surface area contributed by atoms with Gasteiger partial charge < -0.3 is 9.64 Å². The smallest absolute Gasteiger partial charge is 0.316 e. The molecule has 1 aromatic rings. The quantitative estimate of drug-likeness (QED) is 0.746. The predicted molar refractivity (Wildman–Crippen MR) is 97.4 cm³/mol. The van der Waals surface area contributed by atoms with Gasteiger partial charge in [-0.25, -0.2) is 0 Å². The normalized spacial score (nSPS) is 24.5. The van der Waals surface area contributed by atoms with E-state index in [2.05, 4.69) is 11.9 Å². The molecule has 3 rings (SSSR count). The van der Waals surface area contributed by atoms with Crippen molar-refractivity contribution in [3.8, 4) is 0 Å². The van der Waals surface area contributed by atoms with E-state index < -0.39 is 5.41 Å². The average Bonchev–Trinajstić information content (AvgIpc) is 2.62. The first kappa shape index (κ1) is 17.8. The lowest BCUT2D eigenvalue weighted by atomic mass is 9.69. The van der Waals surface area contributed by atoms with Gasteiger partial charge in [0, 0.05) is 11.1 Å². The summed E-state index contributed by atoms with van der Waals surface area (Å²) < 4.78 is 5.87. The van der Waals surface area contributed by atoms with Crippen LogP contribution in [0.3, 0.4) is 0 Å². The summed E-state index contributed by atoms with van der Waals surface area (Å²) in [6.45, 7) is 1.62. The maximum absolute atomic E-state index is 13.1.